The van der Waals surface area contributed by atoms with Crippen LogP contribution in [0.3, 0.4) is 0 Å². The largest absolute Gasteiger partial charge is 0.261 e. The van der Waals surface area contributed by atoms with E-state index in [9.17, 15) is 0 Å². The smallest absolute Gasteiger partial charge is 0.0485 e. The number of allylic oxidation sites excluding steroid dienone is 1. The van der Waals surface area contributed by atoms with E-state index in [0.717, 1.165) is 18.5 Å². The van der Waals surface area contributed by atoms with Crippen LogP contribution in [0, 0.1) is 6.07 Å². The molecule has 1 rings (SSSR count). The van der Waals surface area contributed by atoms with E-state index in [4.69, 9.17) is 0 Å². The first-order chi connectivity index (χ1) is 4.93. The Labute approximate surface area is 61.4 Å². The van der Waals surface area contributed by atoms with Gasteiger partial charge in [-0.1, -0.05) is 12.1 Å². The van der Waals surface area contributed by atoms with Crippen molar-refractivity contribution in [3.63, 3.8) is 0 Å². The maximum atomic E-state index is 4.11. The summed E-state index contributed by atoms with van der Waals surface area (Å²) in [6.45, 7) is 3.63. The fourth-order valence-electron chi connectivity index (χ4n) is 0.733. The van der Waals surface area contributed by atoms with E-state index in [-0.39, 0.29) is 0 Å². The summed E-state index contributed by atoms with van der Waals surface area (Å²) in [4.78, 5) is 4.11. The van der Waals surface area contributed by atoms with Crippen LogP contribution in [0.15, 0.2) is 31.0 Å². The van der Waals surface area contributed by atoms with Crippen LogP contribution in [0.25, 0.3) is 0 Å². The molecular weight excluding hydrogens is 122 g/mol. The molecule has 0 aromatic carbocycles. The summed E-state index contributed by atoms with van der Waals surface area (Å²) < 4.78 is 0. The molecule has 1 heterocycles. The van der Waals surface area contributed by atoms with Crippen LogP contribution in [0.5, 0.6) is 0 Å². The molecule has 10 heavy (non-hydrogen) atoms. The first kappa shape index (κ1) is 7.00. The average molecular weight is 132 g/mol. The number of pyridine rings is 1. The third-order valence-corrected chi connectivity index (χ3v) is 1.25. The van der Waals surface area contributed by atoms with Crippen LogP contribution in [-0.2, 0) is 6.42 Å². The van der Waals surface area contributed by atoms with Crippen LogP contribution in [-0.4, -0.2) is 4.98 Å². The standard InChI is InChI=1S/C9H10N/c1-2-3-6-9-7-4-5-8-10-9/h2,4-5,8H,1,3,6H2. The van der Waals surface area contributed by atoms with Gasteiger partial charge in [0.1, 0.15) is 0 Å². The zero-order valence-electron chi connectivity index (χ0n) is 5.88. The van der Waals surface area contributed by atoms with E-state index < -0.39 is 0 Å². The lowest BCUT2D eigenvalue weighted by Crippen LogP contribution is -1.86. The molecule has 1 aromatic rings. The van der Waals surface area contributed by atoms with Gasteiger partial charge in [0.15, 0.2) is 0 Å². The topological polar surface area (TPSA) is 12.9 Å². The molecule has 1 radical (unpaired) electrons. The van der Waals surface area contributed by atoms with Gasteiger partial charge >= 0.3 is 0 Å². The van der Waals surface area contributed by atoms with Crippen LogP contribution in [0.1, 0.15) is 12.1 Å². The Balaban J connectivity index is 2.50. The minimum absolute atomic E-state index is 0.949. The van der Waals surface area contributed by atoms with Gasteiger partial charge in [-0.25, -0.2) is 0 Å². The molecule has 0 saturated carbocycles. The fourth-order valence-corrected chi connectivity index (χ4v) is 0.733. The Morgan fingerprint density at radius 3 is 3.20 bits per heavy atom. The van der Waals surface area contributed by atoms with Crippen molar-refractivity contribution in [1.82, 2.24) is 4.98 Å². The first-order valence-corrected chi connectivity index (χ1v) is 3.36. The quantitative estimate of drug-likeness (QED) is 0.573. The SMILES string of the molecule is C=CCCc1[c]cccn1. The number of hydrogen-bond donors (Lipinski definition) is 0. The summed E-state index contributed by atoms with van der Waals surface area (Å²) in [5.41, 5.74) is 1.02. The molecule has 0 spiro atoms. The Kier molecular flexibility index (Phi) is 2.68. The Hall–Kier alpha value is -1.11. The Morgan fingerprint density at radius 2 is 2.60 bits per heavy atom. The van der Waals surface area contributed by atoms with Crippen molar-refractivity contribution in [1.29, 1.82) is 0 Å². The maximum Gasteiger partial charge on any atom is 0.0485 e. The molecule has 0 fully saturated rings. The average Bonchev–Trinajstić information content (AvgIpc) is 2.03. The van der Waals surface area contributed by atoms with Gasteiger partial charge in [-0.15, -0.1) is 6.58 Å². The fraction of sp³-hybridized carbons (Fsp3) is 0.222. The van der Waals surface area contributed by atoms with Crippen LogP contribution >= 0.6 is 0 Å². The molecule has 0 N–H and O–H groups in total. The highest BCUT2D eigenvalue weighted by molar-refractivity contribution is 5.01. The maximum absolute atomic E-state index is 4.11. The van der Waals surface area contributed by atoms with Crippen molar-refractivity contribution >= 4 is 0 Å². The summed E-state index contributed by atoms with van der Waals surface area (Å²) in [5.74, 6) is 0. The molecule has 51 valence electrons. The summed E-state index contributed by atoms with van der Waals surface area (Å²) in [6.07, 6.45) is 5.61. The van der Waals surface area contributed by atoms with E-state index in [2.05, 4.69) is 17.6 Å². The second-order valence-electron chi connectivity index (χ2n) is 2.06. The lowest BCUT2D eigenvalue weighted by molar-refractivity contribution is 0.943. The highest BCUT2D eigenvalue weighted by atomic mass is 14.7. The van der Waals surface area contributed by atoms with Crippen molar-refractivity contribution in [3.8, 4) is 0 Å². The predicted molar refractivity (Wildman–Crippen MR) is 41.6 cm³/mol. The number of aromatic nitrogens is 1. The Morgan fingerprint density at radius 1 is 1.70 bits per heavy atom. The van der Waals surface area contributed by atoms with Crippen molar-refractivity contribution < 1.29 is 0 Å². The lowest BCUT2D eigenvalue weighted by Gasteiger charge is -1.92. The molecule has 1 aromatic heterocycles. The van der Waals surface area contributed by atoms with E-state index in [1.807, 2.05) is 18.2 Å². The molecule has 0 aliphatic rings. The third kappa shape index (κ3) is 2.02. The second kappa shape index (κ2) is 3.83. The van der Waals surface area contributed by atoms with Gasteiger partial charge in [0.2, 0.25) is 0 Å². The highest BCUT2D eigenvalue weighted by Gasteiger charge is 1.88. The number of aryl methyl sites for hydroxylation is 1. The minimum Gasteiger partial charge on any atom is -0.261 e. The number of hydrogen-bond acceptors (Lipinski definition) is 1. The molecule has 0 bridgehead atoms. The molecule has 0 unspecified atom stereocenters. The zero-order valence-corrected chi connectivity index (χ0v) is 5.88. The van der Waals surface area contributed by atoms with Crippen LogP contribution < -0.4 is 0 Å². The van der Waals surface area contributed by atoms with Gasteiger partial charge in [0, 0.05) is 18.0 Å². The van der Waals surface area contributed by atoms with Gasteiger partial charge in [0.25, 0.3) is 0 Å². The third-order valence-electron chi connectivity index (χ3n) is 1.25. The first-order valence-electron chi connectivity index (χ1n) is 3.36. The summed E-state index contributed by atoms with van der Waals surface area (Å²) >= 11 is 0. The van der Waals surface area contributed by atoms with Gasteiger partial charge in [-0.3, -0.25) is 4.98 Å². The number of rotatable bonds is 3. The van der Waals surface area contributed by atoms with Crippen molar-refractivity contribution in [2.75, 3.05) is 0 Å². The van der Waals surface area contributed by atoms with Crippen molar-refractivity contribution in [3.05, 3.63) is 42.7 Å². The van der Waals surface area contributed by atoms with Crippen molar-refractivity contribution in [2.45, 2.75) is 12.8 Å². The predicted octanol–water partition coefficient (Wildman–Crippen LogP) is 2.00. The number of nitrogens with zero attached hydrogens (tertiary/aromatic N) is 1. The van der Waals surface area contributed by atoms with Crippen molar-refractivity contribution in [2.24, 2.45) is 0 Å². The molecule has 1 nitrogen and oxygen atoms in total. The molecule has 1 heteroatoms. The zero-order chi connectivity index (χ0) is 7.23. The monoisotopic (exact) mass is 132 g/mol. The lowest BCUT2D eigenvalue weighted by atomic mass is 10.2. The molecule has 0 saturated heterocycles. The van der Waals surface area contributed by atoms with Gasteiger partial charge < -0.3 is 0 Å². The summed E-state index contributed by atoms with van der Waals surface area (Å²) in [5, 5.41) is 0. The van der Waals surface area contributed by atoms with E-state index in [1.54, 1.807) is 6.20 Å². The normalized spacial score (nSPS) is 9.20. The second-order valence-corrected chi connectivity index (χ2v) is 2.06. The van der Waals surface area contributed by atoms with E-state index in [1.165, 1.54) is 0 Å². The summed E-state index contributed by atoms with van der Waals surface area (Å²) in [6, 6.07) is 6.80. The van der Waals surface area contributed by atoms with Gasteiger partial charge in [-0.2, -0.15) is 0 Å². The van der Waals surface area contributed by atoms with Crippen LogP contribution in [0.4, 0.5) is 0 Å². The Bertz CT molecular complexity index is 191. The molecule has 0 atom stereocenters. The van der Waals surface area contributed by atoms with E-state index >= 15 is 0 Å². The van der Waals surface area contributed by atoms with Gasteiger partial charge in [0.05, 0.1) is 0 Å². The molecular formula is C9H10N. The van der Waals surface area contributed by atoms with Crippen LogP contribution in [0.2, 0.25) is 0 Å². The molecule has 0 aliphatic heterocycles. The summed E-state index contributed by atoms with van der Waals surface area (Å²) in [7, 11) is 0. The molecule has 0 aliphatic carbocycles. The molecule has 0 amide bonds. The minimum atomic E-state index is 0.949. The highest BCUT2D eigenvalue weighted by Crippen LogP contribution is 1.96. The van der Waals surface area contributed by atoms with E-state index in [0.29, 0.717) is 0 Å². The van der Waals surface area contributed by atoms with Gasteiger partial charge in [-0.05, 0) is 18.9 Å².